The van der Waals surface area contributed by atoms with E-state index in [2.05, 4.69) is 31.1 Å². The van der Waals surface area contributed by atoms with Crippen LogP contribution in [0.5, 0.6) is 0 Å². The fraction of sp³-hybridized carbons (Fsp3) is 0.375. The van der Waals surface area contributed by atoms with Crippen LogP contribution in [0.25, 0.3) is 10.6 Å². The van der Waals surface area contributed by atoms with E-state index in [1.54, 1.807) is 30.4 Å². The molecule has 0 N–H and O–H groups in total. The summed E-state index contributed by atoms with van der Waals surface area (Å²) < 4.78 is 4.97. The van der Waals surface area contributed by atoms with Gasteiger partial charge in [-0.05, 0) is 19.1 Å². The highest BCUT2D eigenvalue weighted by atomic mass is 32.1. The third-order valence-electron chi connectivity index (χ3n) is 2.92. The van der Waals surface area contributed by atoms with Gasteiger partial charge in [-0.15, -0.1) is 11.3 Å². The van der Waals surface area contributed by atoms with Crippen LogP contribution in [0.2, 0.25) is 0 Å². The largest absolute Gasteiger partial charge is 0.462 e. The van der Waals surface area contributed by atoms with Crippen LogP contribution >= 0.6 is 11.3 Å². The van der Waals surface area contributed by atoms with Crippen LogP contribution in [-0.2, 0) is 10.2 Å². The molecule has 1 aromatic carbocycles. The topological polar surface area (TPSA) is 39.2 Å². The van der Waals surface area contributed by atoms with E-state index >= 15 is 0 Å². The fourth-order valence-corrected chi connectivity index (χ4v) is 2.77. The summed E-state index contributed by atoms with van der Waals surface area (Å²) in [6, 6.07) is 7.39. The van der Waals surface area contributed by atoms with E-state index in [9.17, 15) is 4.79 Å². The van der Waals surface area contributed by atoms with Gasteiger partial charge in [-0.3, -0.25) is 0 Å². The molecule has 0 fully saturated rings. The van der Waals surface area contributed by atoms with Crippen LogP contribution in [0, 0.1) is 0 Å². The molecule has 4 heteroatoms. The average molecular weight is 289 g/mol. The van der Waals surface area contributed by atoms with Crippen LogP contribution in [-0.4, -0.2) is 17.6 Å². The van der Waals surface area contributed by atoms with E-state index < -0.39 is 0 Å². The van der Waals surface area contributed by atoms with E-state index in [1.807, 2.05) is 12.1 Å². The molecule has 0 aliphatic carbocycles. The smallest absolute Gasteiger partial charge is 0.338 e. The molecule has 0 spiro atoms. The van der Waals surface area contributed by atoms with Crippen LogP contribution in [0.15, 0.2) is 29.6 Å². The van der Waals surface area contributed by atoms with E-state index in [0.717, 1.165) is 16.3 Å². The normalized spacial score (nSPS) is 11.4. The Balaban J connectivity index is 2.22. The molecule has 20 heavy (non-hydrogen) atoms. The summed E-state index contributed by atoms with van der Waals surface area (Å²) in [6.45, 7) is 8.64. The summed E-state index contributed by atoms with van der Waals surface area (Å²) in [5.74, 6) is -0.284. The lowest BCUT2D eigenvalue weighted by Crippen LogP contribution is -2.11. The minimum atomic E-state index is -0.284. The maximum Gasteiger partial charge on any atom is 0.338 e. The van der Waals surface area contributed by atoms with Crippen molar-refractivity contribution in [3.05, 3.63) is 40.9 Å². The molecule has 0 amide bonds. The molecule has 0 atom stereocenters. The van der Waals surface area contributed by atoms with Gasteiger partial charge in [0.15, 0.2) is 0 Å². The quantitative estimate of drug-likeness (QED) is 0.791. The summed E-state index contributed by atoms with van der Waals surface area (Å²) >= 11 is 1.63. The molecular formula is C16H19NO2S. The Labute approximate surface area is 123 Å². The van der Waals surface area contributed by atoms with E-state index in [0.29, 0.717) is 12.2 Å². The second-order valence-electron chi connectivity index (χ2n) is 5.59. The van der Waals surface area contributed by atoms with Crippen LogP contribution in [0.3, 0.4) is 0 Å². The number of hydrogen-bond donors (Lipinski definition) is 0. The van der Waals surface area contributed by atoms with E-state index in [-0.39, 0.29) is 11.4 Å². The molecule has 2 aromatic rings. The highest BCUT2D eigenvalue weighted by molar-refractivity contribution is 7.13. The van der Waals surface area contributed by atoms with Gasteiger partial charge >= 0.3 is 5.97 Å². The highest BCUT2D eigenvalue weighted by Crippen LogP contribution is 2.29. The lowest BCUT2D eigenvalue weighted by atomic mass is 9.93. The molecular weight excluding hydrogens is 270 g/mol. The minimum absolute atomic E-state index is 0.0552. The first-order chi connectivity index (χ1) is 9.41. The zero-order chi connectivity index (χ0) is 14.8. The van der Waals surface area contributed by atoms with Crippen molar-refractivity contribution in [3.8, 4) is 10.6 Å². The van der Waals surface area contributed by atoms with Crippen molar-refractivity contribution in [2.45, 2.75) is 33.1 Å². The number of ether oxygens (including phenoxy) is 1. The predicted octanol–water partition coefficient (Wildman–Crippen LogP) is 4.28. The molecule has 106 valence electrons. The Bertz CT molecular complexity index is 594. The lowest BCUT2D eigenvalue weighted by molar-refractivity contribution is 0.0526. The molecule has 1 aromatic heterocycles. The summed E-state index contributed by atoms with van der Waals surface area (Å²) in [4.78, 5) is 16.3. The zero-order valence-electron chi connectivity index (χ0n) is 12.3. The molecule has 0 bridgehead atoms. The molecule has 0 unspecified atom stereocenters. The molecule has 1 heterocycles. The first kappa shape index (κ1) is 14.7. The number of carbonyl (C=O) groups excluding carboxylic acids is 1. The predicted molar refractivity (Wildman–Crippen MR) is 82.2 cm³/mol. The van der Waals surface area contributed by atoms with Gasteiger partial charge in [-0.1, -0.05) is 32.9 Å². The Morgan fingerprint density at radius 3 is 2.40 bits per heavy atom. The molecule has 2 rings (SSSR count). The van der Waals surface area contributed by atoms with Crippen LogP contribution in [0.1, 0.15) is 43.7 Å². The number of rotatable bonds is 3. The first-order valence-corrected chi connectivity index (χ1v) is 7.53. The van der Waals surface area contributed by atoms with Crippen LogP contribution < -0.4 is 0 Å². The third kappa shape index (κ3) is 3.25. The van der Waals surface area contributed by atoms with Gasteiger partial charge in [0.2, 0.25) is 0 Å². The van der Waals surface area contributed by atoms with E-state index in [1.165, 1.54) is 0 Å². The zero-order valence-corrected chi connectivity index (χ0v) is 13.1. The molecule has 0 radical (unpaired) electrons. The number of aromatic nitrogens is 1. The number of carbonyl (C=O) groups is 1. The lowest BCUT2D eigenvalue weighted by Gasteiger charge is -2.14. The molecule has 0 saturated heterocycles. The molecule has 0 saturated carbocycles. The van der Waals surface area contributed by atoms with Crippen molar-refractivity contribution in [1.82, 2.24) is 4.98 Å². The summed E-state index contributed by atoms with van der Waals surface area (Å²) in [6.07, 6.45) is 0. The van der Waals surface area contributed by atoms with Gasteiger partial charge < -0.3 is 4.74 Å². The highest BCUT2D eigenvalue weighted by Gasteiger charge is 2.18. The van der Waals surface area contributed by atoms with Crippen molar-refractivity contribution < 1.29 is 9.53 Å². The molecule has 3 nitrogen and oxygen atoms in total. The van der Waals surface area contributed by atoms with Gasteiger partial charge in [-0.25, -0.2) is 9.78 Å². The second kappa shape index (κ2) is 5.75. The maximum absolute atomic E-state index is 11.6. The summed E-state index contributed by atoms with van der Waals surface area (Å²) in [7, 11) is 0. The van der Waals surface area contributed by atoms with Crippen molar-refractivity contribution in [3.63, 3.8) is 0 Å². The van der Waals surface area contributed by atoms with Gasteiger partial charge in [0, 0.05) is 16.4 Å². The average Bonchev–Trinajstić information content (AvgIpc) is 2.89. The maximum atomic E-state index is 11.6. The second-order valence-corrected chi connectivity index (χ2v) is 6.44. The minimum Gasteiger partial charge on any atom is -0.462 e. The standard InChI is InChI=1S/C16H19NO2S/c1-5-19-15(18)12-8-6-11(7-9-12)14-17-13(10-20-14)16(2,3)4/h6-10H,5H2,1-4H3. The van der Waals surface area contributed by atoms with Gasteiger partial charge in [-0.2, -0.15) is 0 Å². The van der Waals surface area contributed by atoms with Crippen molar-refractivity contribution in [2.24, 2.45) is 0 Å². The third-order valence-corrected chi connectivity index (χ3v) is 3.81. The number of esters is 1. The molecule has 0 aliphatic rings. The van der Waals surface area contributed by atoms with Gasteiger partial charge in [0.25, 0.3) is 0 Å². The Morgan fingerprint density at radius 1 is 1.25 bits per heavy atom. The number of thiazole rings is 1. The monoisotopic (exact) mass is 289 g/mol. The SMILES string of the molecule is CCOC(=O)c1ccc(-c2nc(C(C)(C)C)cs2)cc1. The van der Waals surface area contributed by atoms with Crippen molar-refractivity contribution in [1.29, 1.82) is 0 Å². The Morgan fingerprint density at radius 2 is 1.90 bits per heavy atom. The number of nitrogens with zero attached hydrogens (tertiary/aromatic N) is 1. The molecule has 0 aliphatic heterocycles. The van der Waals surface area contributed by atoms with Crippen LogP contribution in [0.4, 0.5) is 0 Å². The summed E-state index contributed by atoms with van der Waals surface area (Å²) in [5.41, 5.74) is 2.74. The van der Waals surface area contributed by atoms with Gasteiger partial charge in [0.05, 0.1) is 17.9 Å². The Kier molecular flexibility index (Phi) is 4.23. The first-order valence-electron chi connectivity index (χ1n) is 6.65. The van der Waals surface area contributed by atoms with Crippen molar-refractivity contribution in [2.75, 3.05) is 6.61 Å². The number of benzene rings is 1. The van der Waals surface area contributed by atoms with Gasteiger partial charge in [0.1, 0.15) is 5.01 Å². The van der Waals surface area contributed by atoms with Crippen molar-refractivity contribution >= 4 is 17.3 Å². The van der Waals surface area contributed by atoms with E-state index in [4.69, 9.17) is 4.74 Å². The number of hydrogen-bond acceptors (Lipinski definition) is 4. The fourth-order valence-electron chi connectivity index (χ4n) is 1.71. The Hall–Kier alpha value is -1.68. The summed E-state index contributed by atoms with van der Waals surface area (Å²) in [5, 5.41) is 3.07.